The molecule has 0 radical (unpaired) electrons. The fourth-order valence-corrected chi connectivity index (χ4v) is 3.75. The number of nitrogens with one attached hydrogen (secondary N) is 1. The SMILES string of the molecule is CC1CNC(c2ccsc2)CS1(=O)=O. The van der Waals surface area contributed by atoms with Crippen molar-refractivity contribution in [1.82, 2.24) is 5.32 Å². The van der Waals surface area contributed by atoms with Gasteiger partial charge in [0.1, 0.15) is 0 Å². The molecule has 14 heavy (non-hydrogen) atoms. The van der Waals surface area contributed by atoms with Gasteiger partial charge in [0.15, 0.2) is 9.84 Å². The highest BCUT2D eigenvalue weighted by Crippen LogP contribution is 2.23. The third-order valence-electron chi connectivity index (χ3n) is 2.61. The summed E-state index contributed by atoms with van der Waals surface area (Å²) in [6, 6.07) is 1.97. The summed E-state index contributed by atoms with van der Waals surface area (Å²) in [5.41, 5.74) is 1.09. The molecule has 1 aliphatic rings. The van der Waals surface area contributed by atoms with E-state index in [0.29, 0.717) is 6.54 Å². The maximum Gasteiger partial charge on any atom is 0.156 e. The third-order valence-corrected chi connectivity index (χ3v) is 5.50. The van der Waals surface area contributed by atoms with Gasteiger partial charge in [-0.15, -0.1) is 0 Å². The Morgan fingerprint density at radius 1 is 1.57 bits per heavy atom. The third kappa shape index (κ3) is 1.85. The van der Waals surface area contributed by atoms with Crippen LogP contribution in [0.1, 0.15) is 18.5 Å². The van der Waals surface area contributed by atoms with Gasteiger partial charge in [0.05, 0.1) is 11.0 Å². The molecule has 0 aromatic carbocycles. The second kappa shape index (κ2) is 3.64. The molecule has 3 nitrogen and oxygen atoms in total. The average molecular weight is 231 g/mol. The van der Waals surface area contributed by atoms with Crippen LogP contribution in [0, 0.1) is 0 Å². The largest absolute Gasteiger partial charge is 0.308 e. The Bertz CT molecular complexity index is 396. The van der Waals surface area contributed by atoms with E-state index in [-0.39, 0.29) is 17.0 Å². The highest BCUT2D eigenvalue weighted by molar-refractivity contribution is 7.92. The molecule has 2 unspecified atom stereocenters. The summed E-state index contributed by atoms with van der Waals surface area (Å²) in [6.07, 6.45) is 0. The van der Waals surface area contributed by atoms with Gasteiger partial charge < -0.3 is 5.32 Å². The molecule has 0 aliphatic carbocycles. The van der Waals surface area contributed by atoms with Crippen molar-refractivity contribution in [2.45, 2.75) is 18.2 Å². The van der Waals surface area contributed by atoms with Gasteiger partial charge in [-0.1, -0.05) is 0 Å². The van der Waals surface area contributed by atoms with Gasteiger partial charge in [-0.3, -0.25) is 0 Å². The van der Waals surface area contributed by atoms with Crippen molar-refractivity contribution in [1.29, 1.82) is 0 Å². The molecular formula is C9H13NO2S2. The summed E-state index contributed by atoms with van der Waals surface area (Å²) >= 11 is 1.60. The maximum absolute atomic E-state index is 11.7. The predicted octanol–water partition coefficient (Wildman–Crippen LogP) is 1.20. The quantitative estimate of drug-likeness (QED) is 0.790. The highest BCUT2D eigenvalue weighted by atomic mass is 32.2. The van der Waals surface area contributed by atoms with Crippen molar-refractivity contribution in [3.8, 4) is 0 Å². The molecule has 1 aromatic rings. The standard InChI is InChI=1S/C9H13NO2S2/c1-7-4-10-9(6-14(7,11)12)8-2-3-13-5-8/h2-3,5,7,9-10H,4,6H2,1H3. The Morgan fingerprint density at radius 2 is 2.36 bits per heavy atom. The van der Waals surface area contributed by atoms with Gasteiger partial charge in [-0.2, -0.15) is 11.3 Å². The molecular weight excluding hydrogens is 218 g/mol. The first-order chi connectivity index (χ1) is 6.59. The second-order valence-corrected chi connectivity index (χ2v) is 6.90. The molecule has 1 fully saturated rings. The average Bonchev–Trinajstić information content (AvgIpc) is 2.62. The van der Waals surface area contributed by atoms with E-state index in [0.717, 1.165) is 5.56 Å². The summed E-state index contributed by atoms with van der Waals surface area (Å²) in [5.74, 6) is 0.227. The van der Waals surface area contributed by atoms with Crippen molar-refractivity contribution in [2.75, 3.05) is 12.3 Å². The van der Waals surface area contributed by atoms with Crippen LogP contribution >= 0.6 is 11.3 Å². The van der Waals surface area contributed by atoms with E-state index in [1.165, 1.54) is 0 Å². The molecule has 0 amide bonds. The van der Waals surface area contributed by atoms with Crippen LogP contribution in [0.15, 0.2) is 16.8 Å². The van der Waals surface area contributed by atoms with Crippen molar-refractivity contribution in [3.05, 3.63) is 22.4 Å². The van der Waals surface area contributed by atoms with E-state index >= 15 is 0 Å². The molecule has 1 aliphatic heterocycles. The zero-order chi connectivity index (χ0) is 10.2. The molecule has 2 atom stereocenters. The minimum absolute atomic E-state index is 0.0116. The summed E-state index contributed by atoms with van der Waals surface area (Å²) in [5, 5.41) is 6.98. The van der Waals surface area contributed by atoms with Crippen molar-refractivity contribution < 1.29 is 8.42 Å². The Hall–Kier alpha value is -0.390. The summed E-state index contributed by atoms with van der Waals surface area (Å²) in [4.78, 5) is 0. The van der Waals surface area contributed by atoms with Gasteiger partial charge in [0.25, 0.3) is 0 Å². The first-order valence-corrected chi connectivity index (χ1v) is 7.22. The molecule has 0 bridgehead atoms. The molecule has 1 aromatic heterocycles. The zero-order valence-corrected chi connectivity index (χ0v) is 9.57. The van der Waals surface area contributed by atoms with Crippen LogP contribution in [0.25, 0.3) is 0 Å². The maximum atomic E-state index is 11.7. The van der Waals surface area contributed by atoms with Crippen LogP contribution in [-0.4, -0.2) is 26.0 Å². The lowest BCUT2D eigenvalue weighted by Gasteiger charge is -2.27. The molecule has 0 spiro atoms. The number of rotatable bonds is 1. The first-order valence-electron chi connectivity index (χ1n) is 4.56. The number of thiophene rings is 1. The number of hydrogen-bond acceptors (Lipinski definition) is 4. The van der Waals surface area contributed by atoms with Crippen LogP contribution in [0.2, 0.25) is 0 Å². The van der Waals surface area contributed by atoms with Crippen LogP contribution in [0.3, 0.4) is 0 Å². The minimum Gasteiger partial charge on any atom is -0.308 e. The minimum atomic E-state index is -2.89. The number of sulfone groups is 1. The van der Waals surface area contributed by atoms with E-state index in [9.17, 15) is 8.42 Å². The summed E-state index contributed by atoms with van der Waals surface area (Å²) < 4.78 is 23.3. The lowest BCUT2D eigenvalue weighted by atomic mass is 10.2. The number of hydrogen-bond donors (Lipinski definition) is 1. The lowest BCUT2D eigenvalue weighted by molar-refractivity contribution is 0.503. The normalized spacial score (nSPS) is 31.5. The topological polar surface area (TPSA) is 46.2 Å². The fraction of sp³-hybridized carbons (Fsp3) is 0.556. The molecule has 2 heterocycles. The van der Waals surface area contributed by atoms with Gasteiger partial charge in [0, 0.05) is 12.6 Å². The first kappa shape index (κ1) is 10.1. The molecule has 78 valence electrons. The van der Waals surface area contributed by atoms with Gasteiger partial charge >= 0.3 is 0 Å². The molecule has 5 heteroatoms. The van der Waals surface area contributed by atoms with Crippen molar-refractivity contribution in [3.63, 3.8) is 0 Å². The van der Waals surface area contributed by atoms with Crippen LogP contribution in [0.4, 0.5) is 0 Å². The van der Waals surface area contributed by atoms with Gasteiger partial charge in [0.2, 0.25) is 0 Å². The smallest absolute Gasteiger partial charge is 0.156 e. The molecule has 1 N–H and O–H groups in total. The van der Waals surface area contributed by atoms with E-state index in [1.807, 2.05) is 16.8 Å². The van der Waals surface area contributed by atoms with E-state index < -0.39 is 9.84 Å². The Kier molecular flexibility index (Phi) is 2.64. The summed E-state index contributed by atoms with van der Waals surface area (Å²) in [7, 11) is -2.89. The zero-order valence-electron chi connectivity index (χ0n) is 7.93. The Morgan fingerprint density at radius 3 is 2.93 bits per heavy atom. The predicted molar refractivity (Wildman–Crippen MR) is 58.3 cm³/mol. The molecule has 2 rings (SSSR count). The van der Waals surface area contributed by atoms with Gasteiger partial charge in [-0.25, -0.2) is 8.42 Å². The van der Waals surface area contributed by atoms with E-state index in [4.69, 9.17) is 0 Å². The second-order valence-electron chi connectivity index (χ2n) is 3.66. The summed E-state index contributed by atoms with van der Waals surface area (Å²) in [6.45, 7) is 2.31. The van der Waals surface area contributed by atoms with E-state index in [2.05, 4.69) is 5.32 Å². The van der Waals surface area contributed by atoms with Crippen LogP contribution in [0.5, 0.6) is 0 Å². The van der Waals surface area contributed by atoms with E-state index in [1.54, 1.807) is 18.3 Å². The monoisotopic (exact) mass is 231 g/mol. The van der Waals surface area contributed by atoms with Crippen molar-refractivity contribution in [2.24, 2.45) is 0 Å². The highest BCUT2D eigenvalue weighted by Gasteiger charge is 2.31. The Labute approximate surface area is 88.1 Å². The van der Waals surface area contributed by atoms with Crippen molar-refractivity contribution >= 4 is 21.2 Å². The lowest BCUT2D eigenvalue weighted by Crippen LogP contribution is -2.44. The van der Waals surface area contributed by atoms with Crippen LogP contribution < -0.4 is 5.32 Å². The van der Waals surface area contributed by atoms with Gasteiger partial charge in [-0.05, 0) is 29.3 Å². The molecule has 0 saturated carbocycles. The Balaban J connectivity index is 2.19. The molecule has 1 saturated heterocycles. The van der Waals surface area contributed by atoms with Crippen LogP contribution in [-0.2, 0) is 9.84 Å². The fourth-order valence-electron chi connectivity index (χ4n) is 1.58.